The molecule has 0 bridgehead atoms. The van der Waals surface area contributed by atoms with Gasteiger partial charge in [-0.1, -0.05) is 0 Å². The minimum atomic E-state index is -0.165. The standard InChI is InChI=1S/C18H15NO4S/c1-21-13-6-7-14(17(10-13)22-2)15(20)8-5-12-11-24-18(19-12)16-4-3-9-23-16/h3-11H,1-2H3. The van der Waals surface area contributed by atoms with Gasteiger partial charge in [0.1, 0.15) is 11.5 Å². The molecule has 3 rings (SSSR count). The summed E-state index contributed by atoms with van der Waals surface area (Å²) in [4.78, 5) is 16.8. The summed E-state index contributed by atoms with van der Waals surface area (Å²) in [6.07, 6.45) is 4.76. The van der Waals surface area contributed by atoms with Crippen LogP contribution in [-0.4, -0.2) is 25.0 Å². The Labute approximate surface area is 143 Å². The third-order valence-corrected chi connectivity index (χ3v) is 4.21. The normalized spacial score (nSPS) is 10.9. The summed E-state index contributed by atoms with van der Waals surface area (Å²) in [5, 5.41) is 2.64. The number of nitrogens with zero attached hydrogens (tertiary/aromatic N) is 1. The van der Waals surface area contributed by atoms with Gasteiger partial charge in [0.15, 0.2) is 16.6 Å². The van der Waals surface area contributed by atoms with Gasteiger partial charge in [-0.05, 0) is 36.4 Å². The van der Waals surface area contributed by atoms with E-state index in [0.717, 1.165) is 5.01 Å². The van der Waals surface area contributed by atoms with Crippen molar-refractivity contribution in [1.29, 1.82) is 0 Å². The van der Waals surface area contributed by atoms with Gasteiger partial charge in [0, 0.05) is 11.4 Å². The molecule has 0 saturated heterocycles. The van der Waals surface area contributed by atoms with Crippen molar-refractivity contribution < 1.29 is 18.7 Å². The first-order chi connectivity index (χ1) is 11.7. The van der Waals surface area contributed by atoms with Crippen LogP contribution in [0.5, 0.6) is 11.5 Å². The molecule has 0 aliphatic carbocycles. The van der Waals surface area contributed by atoms with E-state index >= 15 is 0 Å². The molecule has 24 heavy (non-hydrogen) atoms. The van der Waals surface area contributed by atoms with E-state index in [1.165, 1.54) is 24.5 Å². The van der Waals surface area contributed by atoms with Crippen LogP contribution in [0.1, 0.15) is 16.1 Å². The first-order valence-electron chi connectivity index (χ1n) is 7.15. The van der Waals surface area contributed by atoms with Gasteiger partial charge in [-0.15, -0.1) is 11.3 Å². The first kappa shape index (κ1) is 16.0. The van der Waals surface area contributed by atoms with Crippen LogP contribution in [0.25, 0.3) is 16.8 Å². The summed E-state index contributed by atoms with van der Waals surface area (Å²) in [6.45, 7) is 0. The second-order valence-electron chi connectivity index (χ2n) is 4.82. The number of methoxy groups -OCH3 is 2. The van der Waals surface area contributed by atoms with Gasteiger partial charge in [-0.2, -0.15) is 0 Å². The second kappa shape index (κ2) is 7.14. The Balaban J connectivity index is 1.78. The van der Waals surface area contributed by atoms with Crippen LogP contribution in [0.3, 0.4) is 0 Å². The lowest BCUT2D eigenvalue weighted by Gasteiger charge is -2.07. The molecule has 0 aliphatic rings. The molecule has 0 N–H and O–H groups in total. The molecular formula is C18H15NO4S. The van der Waals surface area contributed by atoms with Gasteiger partial charge >= 0.3 is 0 Å². The first-order valence-corrected chi connectivity index (χ1v) is 8.03. The van der Waals surface area contributed by atoms with Gasteiger partial charge in [0.25, 0.3) is 0 Å². The van der Waals surface area contributed by atoms with Gasteiger partial charge < -0.3 is 13.9 Å². The third-order valence-electron chi connectivity index (χ3n) is 3.33. The van der Waals surface area contributed by atoms with E-state index in [1.807, 2.05) is 17.5 Å². The molecule has 1 aromatic carbocycles. The fourth-order valence-electron chi connectivity index (χ4n) is 2.13. The molecule has 2 heterocycles. The topological polar surface area (TPSA) is 61.6 Å². The maximum Gasteiger partial charge on any atom is 0.189 e. The van der Waals surface area contributed by atoms with Crippen molar-refractivity contribution in [3.05, 3.63) is 59.3 Å². The Bertz CT molecular complexity index is 865. The number of thiazole rings is 1. The predicted molar refractivity (Wildman–Crippen MR) is 92.7 cm³/mol. The van der Waals surface area contributed by atoms with Crippen LogP contribution in [-0.2, 0) is 0 Å². The number of rotatable bonds is 6. The molecule has 6 heteroatoms. The average molecular weight is 341 g/mol. The lowest BCUT2D eigenvalue weighted by molar-refractivity contribution is 0.104. The number of furan rings is 1. The summed E-state index contributed by atoms with van der Waals surface area (Å²) in [6, 6.07) is 8.74. The largest absolute Gasteiger partial charge is 0.497 e. The maximum atomic E-state index is 12.4. The van der Waals surface area contributed by atoms with Crippen LogP contribution in [0.4, 0.5) is 0 Å². The van der Waals surface area contributed by atoms with Crippen LogP contribution >= 0.6 is 11.3 Å². The highest BCUT2D eigenvalue weighted by molar-refractivity contribution is 7.13. The number of ether oxygens (including phenoxy) is 2. The molecule has 0 saturated carbocycles. The monoisotopic (exact) mass is 341 g/mol. The number of aromatic nitrogens is 1. The molecule has 0 atom stereocenters. The average Bonchev–Trinajstić information content (AvgIpc) is 3.30. The number of ketones is 1. The Morgan fingerprint density at radius 1 is 1.25 bits per heavy atom. The lowest BCUT2D eigenvalue weighted by atomic mass is 10.1. The quantitative estimate of drug-likeness (QED) is 0.494. The van der Waals surface area contributed by atoms with Crippen LogP contribution in [0.15, 0.2) is 52.5 Å². The zero-order chi connectivity index (χ0) is 16.9. The van der Waals surface area contributed by atoms with Gasteiger partial charge in [0.2, 0.25) is 0 Å². The van der Waals surface area contributed by atoms with Crippen molar-refractivity contribution >= 4 is 23.2 Å². The van der Waals surface area contributed by atoms with Crippen LogP contribution in [0.2, 0.25) is 0 Å². The van der Waals surface area contributed by atoms with Gasteiger partial charge in [-0.25, -0.2) is 4.98 Å². The molecule has 5 nitrogen and oxygen atoms in total. The Hall–Kier alpha value is -2.86. The highest BCUT2D eigenvalue weighted by Gasteiger charge is 2.11. The van der Waals surface area contributed by atoms with E-state index in [-0.39, 0.29) is 5.78 Å². The van der Waals surface area contributed by atoms with E-state index in [4.69, 9.17) is 13.9 Å². The van der Waals surface area contributed by atoms with Crippen molar-refractivity contribution in [2.75, 3.05) is 14.2 Å². The van der Waals surface area contributed by atoms with Crippen LogP contribution in [0, 0.1) is 0 Å². The van der Waals surface area contributed by atoms with E-state index in [1.54, 1.807) is 37.6 Å². The van der Waals surface area contributed by atoms with E-state index in [9.17, 15) is 4.79 Å². The lowest BCUT2D eigenvalue weighted by Crippen LogP contribution is -1.99. The number of allylic oxidation sites excluding steroid dienone is 1. The fourth-order valence-corrected chi connectivity index (χ4v) is 2.88. The van der Waals surface area contributed by atoms with Crippen molar-refractivity contribution in [3.63, 3.8) is 0 Å². The summed E-state index contributed by atoms with van der Waals surface area (Å²) in [7, 11) is 3.08. The van der Waals surface area contributed by atoms with E-state index in [2.05, 4.69) is 4.98 Å². The number of benzene rings is 1. The minimum absolute atomic E-state index is 0.165. The van der Waals surface area contributed by atoms with Gasteiger partial charge in [-0.3, -0.25) is 4.79 Å². The molecule has 3 aromatic rings. The third kappa shape index (κ3) is 3.38. The highest BCUT2D eigenvalue weighted by atomic mass is 32.1. The maximum absolute atomic E-state index is 12.4. The summed E-state index contributed by atoms with van der Waals surface area (Å²) in [5.74, 6) is 1.65. The highest BCUT2D eigenvalue weighted by Crippen LogP contribution is 2.26. The molecule has 0 spiro atoms. The Morgan fingerprint density at radius 2 is 2.12 bits per heavy atom. The summed E-state index contributed by atoms with van der Waals surface area (Å²) >= 11 is 1.46. The van der Waals surface area contributed by atoms with Gasteiger partial charge in [0.05, 0.1) is 31.7 Å². The SMILES string of the molecule is COc1ccc(C(=O)C=Cc2csc(-c3ccco3)n2)c(OC)c1. The molecule has 0 fully saturated rings. The fraction of sp³-hybridized carbons (Fsp3) is 0.111. The smallest absolute Gasteiger partial charge is 0.189 e. The minimum Gasteiger partial charge on any atom is -0.497 e. The Morgan fingerprint density at radius 3 is 2.83 bits per heavy atom. The van der Waals surface area contributed by atoms with Crippen molar-refractivity contribution in [2.24, 2.45) is 0 Å². The summed E-state index contributed by atoms with van der Waals surface area (Å²) < 4.78 is 15.7. The van der Waals surface area contributed by atoms with Crippen molar-refractivity contribution in [1.82, 2.24) is 4.98 Å². The molecular weight excluding hydrogens is 326 g/mol. The molecule has 0 unspecified atom stereocenters. The zero-order valence-corrected chi connectivity index (χ0v) is 14.0. The second-order valence-corrected chi connectivity index (χ2v) is 5.68. The molecule has 0 aliphatic heterocycles. The number of hydrogen-bond acceptors (Lipinski definition) is 6. The van der Waals surface area contributed by atoms with E-state index in [0.29, 0.717) is 28.5 Å². The van der Waals surface area contributed by atoms with E-state index < -0.39 is 0 Å². The molecule has 0 radical (unpaired) electrons. The van der Waals surface area contributed by atoms with Crippen molar-refractivity contribution in [2.45, 2.75) is 0 Å². The molecule has 0 amide bonds. The van der Waals surface area contributed by atoms with Crippen molar-refractivity contribution in [3.8, 4) is 22.3 Å². The number of carbonyl (C=O) groups is 1. The predicted octanol–water partition coefficient (Wildman–Crippen LogP) is 4.32. The zero-order valence-electron chi connectivity index (χ0n) is 13.2. The summed E-state index contributed by atoms with van der Waals surface area (Å²) in [5.41, 5.74) is 1.17. The molecule has 2 aromatic heterocycles. The van der Waals surface area contributed by atoms with Crippen LogP contribution < -0.4 is 9.47 Å². The number of hydrogen-bond donors (Lipinski definition) is 0. The molecule has 122 valence electrons. The number of carbonyl (C=O) groups excluding carboxylic acids is 1. The Kier molecular flexibility index (Phi) is 4.77.